The Morgan fingerprint density at radius 3 is 2.69 bits per heavy atom. The number of imidazole rings is 1. The molecule has 0 radical (unpaired) electrons. The fourth-order valence-electron chi connectivity index (χ4n) is 4.28. The van der Waals surface area contributed by atoms with E-state index in [0.29, 0.717) is 36.0 Å². The van der Waals surface area contributed by atoms with Crippen molar-refractivity contribution in [3.63, 3.8) is 0 Å². The second-order valence-electron chi connectivity index (χ2n) is 7.89. The van der Waals surface area contributed by atoms with Gasteiger partial charge in [-0.2, -0.15) is 0 Å². The average Bonchev–Trinajstić information content (AvgIpc) is 3.36. The van der Waals surface area contributed by atoms with Crippen LogP contribution in [0.4, 0.5) is 10.1 Å². The first-order chi connectivity index (χ1) is 15.5. The molecule has 0 bridgehead atoms. The topological polar surface area (TPSA) is 47.4 Å². The first-order valence-electron chi connectivity index (χ1n) is 10.4. The summed E-state index contributed by atoms with van der Waals surface area (Å²) in [6, 6.07) is 19.7. The van der Waals surface area contributed by atoms with Gasteiger partial charge in [-0.25, -0.2) is 9.37 Å². The molecule has 0 unspecified atom stereocenters. The molecule has 5 rings (SSSR count). The van der Waals surface area contributed by atoms with E-state index in [9.17, 15) is 9.18 Å². The van der Waals surface area contributed by atoms with Gasteiger partial charge in [-0.1, -0.05) is 35.9 Å². The van der Waals surface area contributed by atoms with E-state index in [1.165, 1.54) is 12.1 Å². The number of fused-ring (bicyclic) bond motifs is 1. The fourth-order valence-corrected chi connectivity index (χ4v) is 4.50. The molecule has 2 heterocycles. The minimum absolute atomic E-state index is 0.00876. The predicted molar refractivity (Wildman–Crippen MR) is 123 cm³/mol. The van der Waals surface area contributed by atoms with Gasteiger partial charge in [0.2, 0.25) is 5.91 Å². The van der Waals surface area contributed by atoms with Gasteiger partial charge in [-0.05, 0) is 42.0 Å². The van der Waals surface area contributed by atoms with Crippen molar-refractivity contribution in [3.8, 4) is 5.75 Å². The van der Waals surface area contributed by atoms with Crippen LogP contribution in [-0.4, -0.2) is 29.1 Å². The summed E-state index contributed by atoms with van der Waals surface area (Å²) >= 11 is 6.41. The minimum atomic E-state index is -0.267. The largest absolute Gasteiger partial charge is 0.497 e. The van der Waals surface area contributed by atoms with Gasteiger partial charge in [0.1, 0.15) is 17.4 Å². The molecular weight excluding hydrogens is 429 g/mol. The van der Waals surface area contributed by atoms with Crippen LogP contribution in [0.3, 0.4) is 0 Å². The number of ether oxygens (including phenoxy) is 1. The van der Waals surface area contributed by atoms with Crippen LogP contribution in [0.25, 0.3) is 11.0 Å². The Hall–Kier alpha value is -3.38. The first-order valence-corrected chi connectivity index (χ1v) is 10.7. The van der Waals surface area contributed by atoms with Gasteiger partial charge in [0.05, 0.1) is 28.9 Å². The molecule has 32 heavy (non-hydrogen) atoms. The Morgan fingerprint density at radius 2 is 1.91 bits per heavy atom. The van der Waals surface area contributed by atoms with E-state index >= 15 is 0 Å². The third kappa shape index (κ3) is 3.71. The molecule has 0 aliphatic carbocycles. The molecule has 0 N–H and O–H groups in total. The number of amides is 1. The molecular formula is C25H21ClFN3O2. The Labute approximate surface area is 190 Å². The number of aromatic nitrogens is 2. The molecule has 162 valence electrons. The van der Waals surface area contributed by atoms with Crippen molar-refractivity contribution in [1.29, 1.82) is 0 Å². The highest BCUT2D eigenvalue weighted by atomic mass is 35.5. The smallest absolute Gasteiger partial charge is 0.227 e. The highest BCUT2D eigenvalue weighted by Crippen LogP contribution is 2.38. The number of methoxy groups -OCH3 is 1. The Balaban J connectivity index is 1.52. The molecule has 1 atom stereocenters. The fraction of sp³-hybridized carbons (Fsp3) is 0.200. The molecule has 1 aliphatic heterocycles. The van der Waals surface area contributed by atoms with Crippen LogP contribution in [0, 0.1) is 5.82 Å². The summed E-state index contributed by atoms with van der Waals surface area (Å²) in [6.07, 6.45) is 0.334. The maximum absolute atomic E-state index is 13.4. The van der Waals surface area contributed by atoms with E-state index < -0.39 is 0 Å². The SMILES string of the molecule is COc1ccc(Cl)c(N2C[C@@H](c3nc4ccccc4n3Cc3ccc(F)cc3)CC2=O)c1. The van der Waals surface area contributed by atoms with Crippen LogP contribution in [0.1, 0.15) is 23.7 Å². The number of hydrogen-bond donors (Lipinski definition) is 0. The van der Waals surface area contributed by atoms with Gasteiger partial charge in [0.25, 0.3) is 0 Å². The number of hydrogen-bond acceptors (Lipinski definition) is 3. The highest BCUT2D eigenvalue weighted by Gasteiger charge is 2.35. The molecule has 4 aromatic rings. The Kier molecular flexibility index (Phi) is 5.31. The maximum Gasteiger partial charge on any atom is 0.227 e. The maximum atomic E-state index is 13.4. The lowest BCUT2D eigenvalue weighted by molar-refractivity contribution is -0.117. The van der Waals surface area contributed by atoms with Crippen LogP contribution in [0.15, 0.2) is 66.7 Å². The van der Waals surface area contributed by atoms with Crippen molar-refractivity contribution >= 4 is 34.2 Å². The number of para-hydroxylation sites is 2. The molecule has 1 aliphatic rings. The monoisotopic (exact) mass is 449 g/mol. The number of rotatable bonds is 5. The zero-order valence-electron chi connectivity index (χ0n) is 17.5. The Bertz CT molecular complexity index is 1300. The van der Waals surface area contributed by atoms with E-state index in [2.05, 4.69) is 4.57 Å². The number of halogens is 2. The molecule has 1 aromatic heterocycles. The summed E-state index contributed by atoms with van der Waals surface area (Å²) in [5.74, 6) is 1.11. The van der Waals surface area contributed by atoms with Gasteiger partial charge in [-0.3, -0.25) is 4.79 Å². The quantitative estimate of drug-likeness (QED) is 0.409. The number of benzene rings is 3. The Morgan fingerprint density at radius 1 is 1.12 bits per heavy atom. The molecule has 3 aromatic carbocycles. The predicted octanol–water partition coefficient (Wildman–Crippen LogP) is 5.41. The molecule has 7 heteroatoms. The molecule has 1 saturated heterocycles. The number of carbonyl (C=O) groups is 1. The molecule has 0 spiro atoms. The normalized spacial score (nSPS) is 16.2. The highest BCUT2D eigenvalue weighted by molar-refractivity contribution is 6.34. The van der Waals surface area contributed by atoms with E-state index in [1.807, 2.05) is 24.3 Å². The lowest BCUT2D eigenvalue weighted by atomic mass is 10.1. The summed E-state index contributed by atoms with van der Waals surface area (Å²) in [5, 5.41) is 0.500. The van der Waals surface area contributed by atoms with Gasteiger partial charge in [-0.15, -0.1) is 0 Å². The number of nitrogens with zero attached hydrogens (tertiary/aromatic N) is 3. The van der Waals surface area contributed by atoms with Crippen molar-refractivity contribution in [1.82, 2.24) is 9.55 Å². The second-order valence-corrected chi connectivity index (χ2v) is 8.30. The van der Waals surface area contributed by atoms with E-state index in [1.54, 1.807) is 42.3 Å². The summed E-state index contributed by atoms with van der Waals surface area (Å²) < 4.78 is 20.8. The summed E-state index contributed by atoms with van der Waals surface area (Å²) in [6.45, 7) is 1.01. The summed E-state index contributed by atoms with van der Waals surface area (Å²) in [5.41, 5.74) is 3.46. The van der Waals surface area contributed by atoms with E-state index in [-0.39, 0.29) is 17.6 Å². The summed E-state index contributed by atoms with van der Waals surface area (Å²) in [4.78, 5) is 19.6. The van der Waals surface area contributed by atoms with Crippen LogP contribution < -0.4 is 9.64 Å². The van der Waals surface area contributed by atoms with Crippen molar-refractivity contribution in [2.24, 2.45) is 0 Å². The molecule has 1 fully saturated rings. The lowest BCUT2D eigenvalue weighted by Crippen LogP contribution is -2.25. The lowest BCUT2D eigenvalue weighted by Gasteiger charge is -2.19. The zero-order chi connectivity index (χ0) is 22.2. The molecule has 5 nitrogen and oxygen atoms in total. The second kappa shape index (κ2) is 8.28. The van der Waals surface area contributed by atoms with Crippen LogP contribution in [0.2, 0.25) is 5.02 Å². The van der Waals surface area contributed by atoms with E-state index in [0.717, 1.165) is 22.4 Å². The van der Waals surface area contributed by atoms with Gasteiger partial charge in [0.15, 0.2) is 0 Å². The molecule has 0 saturated carbocycles. The summed E-state index contributed by atoms with van der Waals surface area (Å²) in [7, 11) is 1.58. The van der Waals surface area contributed by atoms with Gasteiger partial charge in [0, 0.05) is 31.5 Å². The van der Waals surface area contributed by atoms with Crippen molar-refractivity contribution in [2.75, 3.05) is 18.6 Å². The van der Waals surface area contributed by atoms with Crippen molar-refractivity contribution < 1.29 is 13.9 Å². The van der Waals surface area contributed by atoms with E-state index in [4.69, 9.17) is 21.3 Å². The van der Waals surface area contributed by atoms with Gasteiger partial charge >= 0.3 is 0 Å². The van der Waals surface area contributed by atoms with Crippen LogP contribution in [-0.2, 0) is 11.3 Å². The number of carbonyl (C=O) groups excluding carboxylic acids is 1. The minimum Gasteiger partial charge on any atom is -0.497 e. The zero-order valence-corrected chi connectivity index (χ0v) is 18.2. The van der Waals surface area contributed by atoms with Crippen LogP contribution >= 0.6 is 11.6 Å². The van der Waals surface area contributed by atoms with Crippen molar-refractivity contribution in [3.05, 3.63) is 89.0 Å². The third-order valence-electron chi connectivity index (χ3n) is 5.87. The third-order valence-corrected chi connectivity index (χ3v) is 6.19. The van der Waals surface area contributed by atoms with Crippen molar-refractivity contribution in [2.45, 2.75) is 18.9 Å². The van der Waals surface area contributed by atoms with Gasteiger partial charge < -0.3 is 14.2 Å². The average molecular weight is 450 g/mol. The standard InChI is InChI=1S/C25H21ClFN3O2/c1-32-19-10-11-20(26)23(13-19)29-15-17(12-24(29)31)25-28-21-4-2-3-5-22(21)30(25)14-16-6-8-18(27)9-7-16/h2-11,13,17H,12,14-15H2,1H3/t17-/m0/s1. The first kappa shape index (κ1) is 20.5. The van der Waals surface area contributed by atoms with Crippen LogP contribution in [0.5, 0.6) is 5.75 Å². The number of anilines is 1. The molecule has 1 amide bonds.